The smallest absolute Gasteiger partial charge is 0.331 e. The zero-order valence-corrected chi connectivity index (χ0v) is 12.6. The van der Waals surface area contributed by atoms with Crippen molar-refractivity contribution in [1.29, 1.82) is 0 Å². The second-order valence-corrected chi connectivity index (χ2v) is 4.80. The molecule has 1 aliphatic heterocycles. The lowest BCUT2D eigenvalue weighted by Gasteiger charge is -2.12. The number of amides is 1. The summed E-state index contributed by atoms with van der Waals surface area (Å²) in [7, 11) is 0. The number of rotatable bonds is 6. The van der Waals surface area contributed by atoms with E-state index in [-0.39, 0.29) is 12.7 Å². The summed E-state index contributed by atoms with van der Waals surface area (Å²) in [6.07, 6.45) is 2.89. The van der Waals surface area contributed by atoms with Crippen LogP contribution in [-0.2, 0) is 20.9 Å². The van der Waals surface area contributed by atoms with Crippen LogP contribution in [0.25, 0.3) is 0 Å². The Bertz CT molecular complexity index is 582. The number of ether oxygens (including phenoxy) is 3. The molecule has 1 aliphatic rings. The van der Waals surface area contributed by atoms with Crippen LogP contribution in [-0.4, -0.2) is 24.8 Å². The molecule has 6 heteroatoms. The van der Waals surface area contributed by atoms with Gasteiger partial charge in [0.25, 0.3) is 5.91 Å². The highest BCUT2D eigenvalue weighted by Gasteiger charge is 2.17. The Morgan fingerprint density at radius 3 is 2.91 bits per heavy atom. The van der Waals surface area contributed by atoms with Crippen LogP contribution in [0.3, 0.4) is 0 Å². The molecule has 6 nitrogen and oxygen atoms in total. The number of allylic oxidation sites excluding steroid dienone is 1. The van der Waals surface area contributed by atoms with Crippen LogP contribution >= 0.6 is 0 Å². The Morgan fingerprint density at radius 1 is 1.36 bits per heavy atom. The quantitative estimate of drug-likeness (QED) is 0.642. The topological polar surface area (TPSA) is 73.9 Å². The summed E-state index contributed by atoms with van der Waals surface area (Å²) in [6.45, 7) is 3.98. The fraction of sp³-hybridized carbons (Fsp3) is 0.375. The molecule has 0 bridgehead atoms. The van der Waals surface area contributed by atoms with Gasteiger partial charge < -0.3 is 19.5 Å². The molecule has 1 aromatic rings. The number of nitrogens with one attached hydrogen (secondary N) is 1. The summed E-state index contributed by atoms with van der Waals surface area (Å²) in [6, 6.07) is 5.44. The molecule has 1 heterocycles. The van der Waals surface area contributed by atoms with E-state index in [1.165, 1.54) is 13.0 Å². The van der Waals surface area contributed by atoms with E-state index in [2.05, 4.69) is 5.32 Å². The predicted molar refractivity (Wildman–Crippen MR) is 79.4 cm³/mol. The molecule has 0 spiro atoms. The van der Waals surface area contributed by atoms with Crippen LogP contribution in [0.1, 0.15) is 25.8 Å². The Kier molecular flexibility index (Phi) is 5.41. The van der Waals surface area contributed by atoms with Gasteiger partial charge in [-0.3, -0.25) is 4.79 Å². The van der Waals surface area contributed by atoms with Crippen LogP contribution < -0.4 is 14.8 Å². The molecule has 0 aliphatic carbocycles. The number of carbonyl (C=O) groups excluding carboxylic acids is 2. The molecule has 1 atom stereocenters. The molecule has 0 radical (unpaired) electrons. The maximum absolute atomic E-state index is 11.9. The Hall–Kier alpha value is -2.50. The molecule has 0 saturated carbocycles. The lowest BCUT2D eigenvalue weighted by atomic mass is 10.2. The number of benzene rings is 1. The first-order chi connectivity index (χ1) is 10.6. The van der Waals surface area contributed by atoms with Gasteiger partial charge in [0.15, 0.2) is 17.6 Å². The summed E-state index contributed by atoms with van der Waals surface area (Å²) in [5.74, 6) is 0.486. The van der Waals surface area contributed by atoms with Gasteiger partial charge >= 0.3 is 5.97 Å². The van der Waals surface area contributed by atoms with Gasteiger partial charge in [-0.1, -0.05) is 19.1 Å². The minimum Gasteiger partial charge on any atom is -0.454 e. The van der Waals surface area contributed by atoms with Crippen LogP contribution in [0.4, 0.5) is 0 Å². The first-order valence-electron chi connectivity index (χ1n) is 7.13. The van der Waals surface area contributed by atoms with Crippen molar-refractivity contribution < 1.29 is 23.8 Å². The van der Waals surface area contributed by atoms with Crippen molar-refractivity contribution in [2.45, 2.75) is 32.9 Å². The number of carbonyl (C=O) groups is 2. The molecule has 1 amide bonds. The largest absolute Gasteiger partial charge is 0.454 e. The number of esters is 1. The SMILES string of the molecule is CC/C=C/C(=O)O[C@@H](C)C(=O)NCc1ccc2c(c1)OCO2. The third-order valence-corrected chi connectivity index (χ3v) is 3.06. The first kappa shape index (κ1) is 15.9. The van der Waals surface area contributed by atoms with Gasteiger partial charge in [-0.2, -0.15) is 0 Å². The molecular formula is C16H19NO5. The normalized spacial score (nSPS) is 13.9. The Morgan fingerprint density at radius 2 is 2.14 bits per heavy atom. The van der Waals surface area contributed by atoms with Gasteiger partial charge in [-0.15, -0.1) is 0 Å². The first-order valence-corrected chi connectivity index (χ1v) is 7.13. The van der Waals surface area contributed by atoms with Gasteiger partial charge in [0.2, 0.25) is 6.79 Å². The zero-order valence-electron chi connectivity index (χ0n) is 12.6. The van der Waals surface area contributed by atoms with E-state index in [1.54, 1.807) is 12.1 Å². The highest BCUT2D eigenvalue weighted by atomic mass is 16.7. The molecule has 0 saturated heterocycles. The Labute approximate surface area is 129 Å². The van der Waals surface area contributed by atoms with Crippen molar-refractivity contribution in [2.24, 2.45) is 0 Å². The maximum atomic E-state index is 11.9. The molecule has 1 aromatic carbocycles. The summed E-state index contributed by atoms with van der Waals surface area (Å²) < 4.78 is 15.5. The van der Waals surface area contributed by atoms with Gasteiger partial charge in [0, 0.05) is 12.6 Å². The predicted octanol–water partition coefficient (Wildman–Crippen LogP) is 1.93. The van der Waals surface area contributed by atoms with Gasteiger partial charge in [-0.05, 0) is 31.0 Å². The van der Waals surface area contributed by atoms with E-state index in [0.29, 0.717) is 18.0 Å². The average Bonchev–Trinajstić information content (AvgIpc) is 2.98. The van der Waals surface area contributed by atoms with Crippen molar-refractivity contribution in [3.8, 4) is 11.5 Å². The van der Waals surface area contributed by atoms with E-state index in [9.17, 15) is 9.59 Å². The average molecular weight is 305 g/mol. The molecule has 118 valence electrons. The number of hydrogen-bond acceptors (Lipinski definition) is 5. The monoisotopic (exact) mass is 305 g/mol. The minimum atomic E-state index is -0.844. The van der Waals surface area contributed by atoms with Crippen molar-refractivity contribution in [1.82, 2.24) is 5.32 Å². The third-order valence-electron chi connectivity index (χ3n) is 3.06. The highest BCUT2D eigenvalue weighted by Crippen LogP contribution is 2.32. The van der Waals surface area contributed by atoms with Gasteiger partial charge in [-0.25, -0.2) is 4.79 Å². The third kappa shape index (κ3) is 4.25. The van der Waals surface area contributed by atoms with Gasteiger partial charge in [0.1, 0.15) is 0 Å². The highest BCUT2D eigenvalue weighted by molar-refractivity contribution is 5.87. The van der Waals surface area contributed by atoms with Crippen LogP contribution in [0.2, 0.25) is 0 Å². The summed E-state index contributed by atoms with van der Waals surface area (Å²) in [5, 5.41) is 2.71. The van der Waals surface area contributed by atoms with Crippen molar-refractivity contribution in [3.63, 3.8) is 0 Å². The van der Waals surface area contributed by atoms with E-state index in [0.717, 1.165) is 12.0 Å². The summed E-state index contributed by atoms with van der Waals surface area (Å²) in [5.41, 5.74) is 0.877. The number of fused-ring (bicyclic) bond motifs is 1. The lowest BCUT2D eigenvalue weighted by molar-refractivity contribution is -0.150. The number of hydrogen-bond donors (Lipinski definition) is 1. The van der Waals surface area contributed by atoms with Crippen molar-refractivity contribution in [3.05, 3.63) is 35.9 Å². The lowest BCUT2D eigenvalue weighted by Crippen LogP contribution is -2.35. The fourth-order valence-electron chi connectivity index (χ4n) is 1.86. The molecule has 1 N–H and O–H groups in total. The van der Waals surface area contributed by atoms with Crippen LogP contribution in [0.15, 0.2) is 30.4 Å². The van der Waals surface area contributed by atoms with Gasteiger partial charge in [0.05, 0.1) is 0 Å². The second kappa shape index (κ2) is 7.49. The minimum absolute atomic E-state index is 0.212. The molecule has 22 heavy (non-hydrogen) atoms. The summed E-state index contributed by atoms with van der Waals surface area (Å²) >= 11 is 0. The van der Waals surface area contributed by atoms with E-state index in [1.807, 2.05) is 19.1 Å². The van der Waals surface area contributed by atoms with Crippen LogP contribution in [0, 0.1) is 0 Å². The van der Waals surface area contributed by atoms with Crippen LogP contribution in [0.5, 0.6) is 11.5 Å². The molecule has 2 rings (SSSR count). The zero-order chi connectivity index (χ0) is 15.9. The molecule has 0 fully saturated rings. The standard InChI is InChI=1S/C16H19NO5/c1-3-4-5-15(18)22-11(2)16(19)17-9-12-6-7-13-14(8-12)21-10-20-13/h4-8,11H,3,9-10H2,1-2H3,(H,17,19)/b5-4+/t11-/m0/s1. The molecule has 0 aromatic heterocycles. The van der Waals surface area contributed by atoms with E-state index in [4.69, 9.17) is 14.2 Å². The fourth-order valence-corrected chi connectivity index (χ4v) is 1.86. The van der Waals surface area contributed by atoms with E-state index < -0.39 is 12.1 Å². The molecular weight excluding hydrogens is 286 g/mol. The summed E-state index contributed by atoms with van der Waals surface area (Å²) in [4.78, 5) is 23.3. The van der Waals surface area contributed by atoms with E-state index >= 15 is 0 Å². The van der Waals surface area contributed by atoms with Crippen molar-refractivity contribution in [2.75, 3.05) is 6.79 Å². The Balaban J connectivity index is 1.82. The maximum Gasteiger partial charge on any atom is 0.331 e. The second-order valence-electron chi connectivity index (χ2n) is 4.80. The molecule has 0 unspecified atom stereocenters. The van der Waals surface area contributed by atoms with Crippen molar-refractivity contribution >= 4 is 11.9 Å².